The van der Waals surface area contributed by atoms with Crippen LogP contribution in [0, 0.1) is 0 Å². The van der Waals surface area contributed by atoms with Crippen LogP contribution in [0.15, 0.2) is 9.51 Å². The van der Waals surface area contributed by atoms with Gasteiger partial charge >= 0.3 is 0 Å². The number of amides is 1. The molecule has 0 fully saturated rings. The average Bonchev–Trinajstić information content (AvgIpc) is 2.29. The summed E-state index contributed by atoms with van der Waals surface area (Å²) in [5.41, 5.74) is 9.43. The number of hydrogen-bond donors (Lipinski definition) is 2. The number of sulfone groups is 1. The van der Waals surface area contributed by atoms with Crippen LogP contribution in [0.1, 0.15) is 10.5 Å². The molecule has 0 atom stereocenters. The maximum absolute atomic E-state index is 11.0. The number of anilines is 1. The first-order chi connectivity index (χ1) is 5.82. The fourth-order valence-corrected chi connectivity index (χ4v) is 1.46. The number of aromatic nitrogens is 1. The molecular formula is C5H7N3O4S. The van der Waals surface area contributed by atoms with E-state index in [2.05, 4.69) is 9.40 Å². The monoisotopic (exact) mass is 205 g/mol. The normalized spacial score (nSPS) is 11.5. The summed E-state index contributed by atoms with van der Waals surface area (Å²) in [5.74, 6) is -0.999. The predicted octanol–water partition coefficient (Wildman–Crippen LogP) is -1.24. The number of carbonyl (C=O) groups excluding carboxylic acids is 1. The van der Waals surface area contributed by atoms with Gasteiger partial charge in [0, 0.05) is 6.26 Å². The van der Waals surface area contributed by atoms with Gasteiger partial charge in [-0.1, -0.05) is 0 Å². The standard InChI is InChI=1S/C5H7N3O4S/c1-13(10,11)4-2(3(6)9)8-5(7)12-4/h1H3,(H2,6,9)(H2,7,8). The van der Waals surface area contributed by atoms with Crippen LogP contribution in [-0.4, -0.2) is 25.6 Å². The molecule has 13 heavy (non-hydrogen) atoms. The summed E-state index contributed by atoms with van der Waals surface area (Å²) in [4.78, 5) is 14.0. The van der Waals surface area contributed by atoms with Gasteiger partial charge in [0.15, 0.2) is 5.69 Å². The second-order valence-electron chi connectivity index (χ2n) is 2.32. The predicted molar refractivity (Wildman–Crippen MR) is 42.5 cm³/mol. The quantitative estimate of drug-likeness (QED) is 0.621. The molecule has 0 bridgehead atoms. The third kappa shape index (κ3) is 1.78. The number of primary amides is 1. The Morgan fingerprint density at radius 2 is 2.08 bits per heavy atom. The third-order valence-electron chi connectivity index (χ3n) is 1.18. The average molecular weight is 205 g/mol. The highest BCUT2D eigenvalue weighted by Gasteiger charge is 2.24. The number of rotatable bonds is 2. The Bertz CT molecular complexity index is 446. The number of oxazole rings is 1. The number of nitrogens with two attached hydrogens (primary N) is 2. The second-order valence-corrected chi connectivity index (χ2v) is 4.24. The van der Waals surface area contributed by atoms with Gasteiger partial charge in [0.2, 0.25) is 9.84 Å². The van der Waals surface area contributed by atoms with Crippen LogP contribution in [0.4, 0.5) is 6.01 Å². The third-order valence-corrected chi connectivity index (χ3v) is 2.13. The van der Waals surface area contributed by atoms with E-state index in [1.807, 2.05) is 0 Å². The maximum atomic E-state index is 11.0. The minimum Gasteiger partial charge on any atom is -0.411 e. The van der Waals surface area contributed by atoms with E-state index in [0.717, 1.165) is 6.26 Å². The van der Waals surface area contributed by atoms with Crippen molar-refractivity contribution in [2.45, 2.75) is 5.09 Å². The molecule has 0 aliphatic carbocycles. The molecule has 1 heterocycles. The summed E-state index contributed by atoms with van der Waals surface area (Å²) in [6, 6.07) is -0.408. The van der Waals surface area contributed by atoms with Crippen molar-refractivity contribution in [2.75, 3.05) is 12.0 Å². The lowest BCUT2D eigenvalue weighted by molar-refractivity contribution is 0.0990. The lowest BCUT2D eigenvalue weighted by Crippen LogP contribution is -2.15. The number of carbonyl (C=O) groups is 1. The Morgan fingerprint density at radius 3 is 2.38 bits per heavy atom. The molecule has 1 aromatic rings. The summed E-state index contributed by atoms with van der Waals surface area (Å²) in [5, 5.41) is -0.600. The number of hydrogen-bond acceptors (Lipinski definition) is 6. The van der Waals surface area contributed by atoms with E-state index in [1.54, 1.807) is 0 Å². The molecule has 72 valence electrons. The van der Waals surface area contributed by atoms with E-state index >= 15 is 0 Å². The topological polar surface area (TPSA) is 129 Å². The molecule has 0 aliphatic heterocycles. The smallest absolute Gasteiger partial charge is 0.293 e. The molecule has 0 unspecified atom stereocenters. The van der Waals surface area contributed by atoms with Crippen LogP contribution in [0.3, 0.4) is 0 Å². The molecule has 1 amide bonds. The first-order valence-electron chi connectivity index (χ1n) is 3.08. The van der Waals surface area contributed by atoms with E-state index in [0.29, 0.717) is 0 Å². The lowest BCUT2D eigenvalue weighted by Gasteiger charge is -1.91. The lowest BCUT2D eigenvalue weighted by atomic mass is 10.5. The number of nitrogens with zero attached hydrogens (tertiary/aromatic N) is 1. The van der Waals surface area contributed by atoms with Crippen LogP contribution < -0.4 is 11.5 Å². The highest BCUT2D eigenvalue weighted by molar-refractivity contribution is 7.90. The van der Waals surface area contributed by atoms with Gasteiger partial charge < -0.3 is 15.9 Å². The van der Waals surface area contributed by atoms with Crippen LogP contribution in [0.2, 0.25) is 0 Å². The second kappa shape index (κ2) is 2.73. The first kappa shape index (κ1) is 9.52. The molecule has 1 aromatic heterocycles. The van der Waals surface area contributed by atoms with Crippen LogP contribution >= 0.6 is 0 Å². The van der Waals surface area contributed by atoms with Gasteiger partial charge in [-0.2, -0.15) is 4.98 Å². The van der Waals surface area contributed by atoms with Gasteiger partial charge in [-0.25, -0.2) is 8.42 Å². The molecule has 0 radical (unpaired) electrons. The van der Waals surface area contributed by atoms with Crippen molar-refractivity contribution in [3.05, 3.63) is 5.69 Å². The minimum absolute atomic E-state index is 0.408. The Balaban J connectivity index is 3.46. The fraction of sp³-hybridized carbons (Fsp3) is 0.200. The van der Waals surface area contributed by atoms with Crippen molar-refractivity contribution in [2.24, 2.45) is 5.73 Å². The van der Waals surface area contributed by atoms with Crippen molar-refractivity contribution in [3.63, 3.8) is 0 Å². The van der Waals surface area contributed by atoms with Gasteiger partial charge in [0.1, 0.15) is 0 Å². The molecule has 4 N–H and O–H groups in total. The first-order valence-corrected chi connectivity index (χ1v) is 4.97. The zero-order valence-corrected chi connectivity index (χ0v) is 7.46. The van der Waals surface area contributed by atoms with Gasteiger partial charge in [-0.05, 0) is 0 Å². The molecule has 0 saturated heterocycles. The molecule has 7 nitrogen and oxygen atoms in total. The Hall–Kier alpha value is -1.57. The highest BCUT2D eigenvalue weighted by Crippen LogP contribution is 2.17. The molecule has 0 spiro atoms. The zero-order valence-electron chi connectivity index (χ0n) is 6.64. The largest absolute Gasteiger partial charge is 0.411 e. The number of nitrogen functional groups attached to an aromatic ring is 1. The highest BCUT2D eigenvalue weighted by atomic mass is 32.2. The summed E-state index contributed by atoms with van der Waals surface area (Å²) >= 11 is 0. The Labute approximate surface area is 73.6 Å². The molecule has 0 aliphatic rings. The minimum atomic E-state index is -3.67. The van der Waals surface area contributed by atoms with Gasteiger partial charge in [0.05, 0.1) is 0 Å². The molecule has 8 heteroatoms. The van der Waals surface area contributed by atoms with E-state index in [9.17, 15) is 13.2 Å². The van der Waals surface area contributed by atoms with Crippen molar-refractivity contribution in [3.8, 4) is 0 Å². The summed E-state index contributed by atoms with van der Waals surface area (Å²) in [6.45, 7) is 0. The van der Waals surface area contributed by atoms with E-state index in [1.165, 1.54) is 0 Å². The summed E-state index contributed by atoms with van der Waals surface area (Å²) < 4.78 is 26.5. The van der Waals surface area contributed by atoms with E-state index in [-0.39, 0.29) is 0 Å². The van der Waals surface area contributed by atoms with Gasteiger partial charge in [-0.3, -0.25) is 4.79 Å². The Morgan fingerprint density at radius 1 is 1.54 bits per heavy atom. The molecular weight excluding hydrogens is 198 g/mol. The van der Waals surface area contributed by atoms with Crippen molar-refractivity contribution in [1.29, 1.82) is 0 Å². The van der Waals surface area contributed by atoms with Crippen molar-refractivity contribution >= 4 is 21.8 Å². The summed E-state index contributed by atoms with van der Waals surface area (Å²) in [6.07, 6.45) is 0.861. The summed E-state index contributed by atoms with van der Waals surface area (Å²) in [7, 11) is -3.67. The molecule has 0 saturated carbocycles. The zero-order chi connectivity index (χ0) is 10.2. The molecule has 0 aromatic carbocycles. The molecule has 1 rings (SSSR count). The van der Waals surface area contributed by atoms with E-state index < -0.39 is 32.5 Å². The maximum Gasteiger partial charge on any atom is 0.293 e. The SMILES string of the molecule is CS(=O)(=O)c1oc(N)nc1C(N)=O. The van der Waals surface area contributed by atoms with Gasteiger partial charge in [0.25, 0.3) is 17.0 Å². The van der Waals surface area contributed by atoms with E-state index in [4.69, 9.17) is 11.5 Å². The van der Waals surface area contributed by atoms with Crippen LogP contribution in [-0.2, 0) is 9.84 Å². The Kier molecular flexibility index (Phi) is 2.00. The fourth-order valence-electron chi connectivity index (χ4n) is 0.729. The van der Waals surface area contributed by atoms with Crippen LogP contribution in [0.5, 0.6) is 0 Å². The van der Waals surface area contributed by atoms with Crippen molar-refractivity contribution in [1.82, 2.24) is 4.98 Å². The van der Waals surface area contributed by atoms with Crippen molar-refractivity contribution < 1.29 is 17.6 Å². The van der Waals surface area contributed by atoms with Crippen LogP contribution in [0.25, 0.3) is 0 Å². The van der Waals surface area contributed by atoms with Gasteiger partial charge in [-0.15, -0.1) is 0 Å².